The molecule has 0 aliphatic carbocycles. The zero-order valence-corrected chi connectivity index (χ0v) is 18.3. The Hall–Kier alpha value is -4.70. The third-order valence-electron chi connectivity index (χ3n) is 5.43. The topological polar surface area (TPSA) is 74.6 Å². The first-order valence-corrected chi connectivity index (χ1v) is 10.7. The average molecular weight is 447 g/mol. The van der Waals surface area contributed by atoms with Gasteiger partial charge < -0.3 is 10.2 Å². The number of hydrogen-bond donors (Lipinski definition) is 2. The molecule has 0 aliphatic rings. The molecule has 0 aromatic heterocycles. The van der Waals surface area contributed by atoms with E-state index in [1.54, 1.807) is 97.1 Å². The van der Waals surface area contributed by atoms with Crippen LogP contribution in [-0.2, 0) is 9.59 Å². The van der Waals surface area contributed by atoms with Gasteiger partial charge in [0.25, 0.3) is 0 Å². The maximum atomic E-state index is 12.8. The van der Waals surface area contributed by atoms with Crippen molar-refractivity contribution in [3.63, 3.8) is 0 Å². The summed E-state index contributed by atoms with van der Waals surface area (Å²) in [5.41, 5.74) is 2.61. The van der Waals surface area contributed by atoms with Crippen molar-refractivity contribution in [2.75, 3.05) is 0 Å². The van der Waals surface area contributed by atoms with E-state index in [1.165, 1.54) is 0 Å². The van der Waals surface area contributed by atoms with E-state index in [4.69, 9.17) is 0 Å². The molecule has 0 aliphatic heterocycles. The summed E-state index contributed by atoms with van der Waals surface area (Å²) < 4.78 is 0. The van der Waals surface area contributed by atoms with E-state index in [0.717, 1.165) is 0 Å². The first-order valence-electron chi connectivity index (χ1n) is 10.7. The normalized spacial score (nSPS) is 10.2. The Labute approximate surface area is 197 Å². The Morgan fingerprint density at radius 1 is 0.382 bits per heavy atom. The van der Waals surface area contributed by atoms with Crippen LogP contribution in [0.4, 0.5) is 0 Å². The highest BCUT2D eigenvalue weighted by Crippen LogP contribution is 2.37. The van der Waals surface area contributed by atoms with Gasteiger partial charge in [-0.3, -0.25) is 0 Å². The second kappa shape index (κ2) is 10.3. The van der Waals surface area contributed by atoms with Crippen LogP contribution < -0.4 is 0 Å². The second-order valence-electron chi connectivity index (χ2n) is 7.57. The second-order valence-corrected chi connectivity index (χ2v) is 7.57. The zero-order chi connectivity index (χ0) is 23.9. The van der Waals surface area contributed by atoms with Crippen LogP contribution >= 0.6 is 0 Å². The van der Waals surface area contributed by atoms with Gasteiger partial charge in [0, 0.05) is 11.1 Å². The van der Waals surface area contributed by atoms with Crippen LogP contribution in [0.15, 0.2) is 132 Å². The van der Waals surface area contributed by atoms with Crippen molar-refractivity contribution in [1.82, 2.24) is 0 Å². The standard InChI is InChI=1S/C30H22O4/c31-29(32)27(25(21-13-5-1-6-14-21)22-15-7-2-8-16-22)28(30(33)34)26(23-17-9-3-10-18-23)24-19-11-4-12-20-24/h1-20H,(H,31,32)(H,33,34). The number of rotatable bonds is 7. The summed E-state index contributed by atoms with van der Waals surface area (Å²) >= 11 is 0. The monoisotopic (exact) mass is 446 g/mol. The van der Waals surface area contributed by atoms with E-state index in [2.05, 4.69) is 0 Å². The lowest BCUT2D eigenvalue weighted by Gasteiger charge is -2.19. The lowest BCUT2D eigenvalue weighted by molar-refractivity contribution is -0.136. The predicted molar refractivity (Wildman–Crippen MR) is 133 cm³/mol. The number of carboxylic acids is 2. The van der Waals surface area contributed by atoms with Crippen LogP contribution in [0.25, 0.3) is 11.1 Å². The molecular formula is C30H22O4. The zero-order valence-electron chi connectivity index (χ0n) is 18.3. The van der Waals surface area contributed by atoms with Gasteiger partial charge >= 0.3 is 11.9 Å². The molecule has 166 valence electrons. The molecule has 4 aromatic carbocycles. The molecule has 0 unspecified atom stereocenters. The van der Waals surface area contributed by atoms with E-state index in [-0.39, 0.29) is 11.1 Å². The maximum Gasteiger partial charge on any atom is 0.337 e. The summed E-state index contributed by atoms with van der Waals surface area (Å²) in [7, 11) is 0. The molecule has 4 rings (SSSR count). The number of carboxylic acid groups (broad SMARTS) is 2. The van der Waals surface area contributed by atoms with Gasteiger partial charge in [0.15, 0.2) is 0 Å². The number of benzene rings is 4. The minimum Gasteiger partial charge on any atom is -0.478 e. The summed E-state index contributed by atoms with van der Waals surface area (Å²) in [5, 5.41) is 20.9. The maximum absolute atomic E-state index is 12.8. The number of hydrogen-bond acceptors (Lipinski definition) is 2. The summed E-state index contributed by atoms with van der Waals surface area (Å²) in [6.07, 6.45) is 0. The highest BCUT2D eigenvalue weighted by molar-refractivity contribution is 6.18. The van der Waals surface area contributed by atoms with Gasteiger partial charge in [0.2, 0.25) is 0 Å². The Kier molecular flexibility index (Phi) is 6.80. The van der Waals surface area contributed by atoms with Crippen LogP contribution in [0.1, 0.15) is 22.3 Å². The third-order valence-corrected chi connectivity index (χ3v) is 5.43. The van der Waals surface area contributed by atoms with Crippen LogP contribution in [0.3, 0.4) is 0 Å². The molecule has 0 saturated heterocycles. The van der Waals surface area contributed by atoms with Crippen molar-refractivity contribution in [2.24, 2.45) is 0 Å². The lowest BCUT2D eigenvalue weighted by Crippen LogP contribution is -2.17. The van der Waals surface area contributed by atoms with Crippen molar-refractivity contribution in [3.05, 3.63) is 155 Å². The summed E-state index contributed by atoms with van der Waals surface area (Å²) in [6.45, 7) is 0. The molecule has 0 heterocycles. The molecule has 0 fully saturated rings. The Morgan fingerprint density at radius 3 is 0.765 bits per heavy atom. The Balaban J connectivity index is 2.20. The van der Waals surface area contributed by atoms with Crippen LogP contribution in [0, 0.1) is 0 Å². The summed E-state index contributed by atoms with van der Waals surface area (Å²) in [6, 6.07) is 36.1. The molecule has 0 atom stereocenters. The van der Waals surface area contributed by atoms with Crippen molar-refractivity contribution in [2.45, 2.75) is 0 Å². The third kappa shape index (κ3) is 4.71. The Bertz CT molecular complexity index is 1160. The van der Waals surface area contributed by atoms with Crippen LogP contribution in [0.2, 0.25) is 0 Å². The molecule has 4 nitrogen and oxygen atoms in total. The van der Waals surface area contributed by atoms with Gasteiger partial charge in [-0.2, -0.15) is 0 Å². The lowest BCUT2D eigenvalue weighted by atomic mass is 9.84. The summed E-state index contributed by atoms with van der Waals surface area (Å²) in [5.74, 6) is -2.63. The van der Waals surface area contributed by atoms with Gasteiger partial charge in [0.05, 0.1) is 11.1 Å². The van der Waals surface area contributed by atoms with E-state index in [0.29, 0.717) is 33.4 Å². The minimum atomic E-state index is -1.32. The van der Waals surface area contributed by atoms with Crippen molar-refractivity contribution in [1.29, 1.82) is 0 Å². The molecule has 4 aromatic rings. The number of carbonyl (C=O) groups is 2. The van der Waals surface area contributed by atoms with Crippen LogP contribution in [0.5, 0.6) is 0 Å². The van der Waals surface area contributed by atoms with E-state index in [9.17, 15) is 19.8 Å². The van der Waals surface area contributed by atoms with E-state index in [1.807, 2.05) is 24.3 Å². The number of aliphatic carboxylic acids is 2. The predicted octanol–water partition coefficient (Wildman–Crippen LogP) is 6.16. The average Bonchev–Trinajstić information content (AvgIpc) is 2.88. The first-order chi connectivity index (χ1) is 16.6. The highest BCUT2D eigenvalue weighted by atomic mass is 16.4. The van der Waals surface area contributed by atoms with Gasteiger partial charge in [0.1, 0.15) is 0 Å². The van der Waals surface area contributed by atoms with Gasteiger partial charge in [-0.05, 0) is 22.3 Å². The minimum absolute atomic E-state index is 0.271. The molecule has 0 spiro atoms. The molecule has 0 radical (unpaired) electrons. The summed E-state index contributed by atoms with van der Waals surface area (Å²) in [4.78, 5) is 25.7. The van der Waals surface area contributed by atoms with Gasteiger partial charge in [-0.1, -0.05) is 121 Å². The molecule has 0 saturated carbocycles. The molecule has 4 heteroatoms. The quantitative estimate of drug-likeness (QED) is 0.263. The highest BCUT2D eigenvalue weighted by Gasteiger charge is 2.30. The van der Waals surface area contributed by atoms with E-state index < -0.39 is 11.9 Å². The molecule has 0 amide bonds. The molecule has 0 bridgehead atoms. The fraction of sp³-hybridized carbons (Fsp3) is 0. The van der Waals surface area contributed by atoms with Crippen LogP contribution in [-0.4, -0.2) is 22.2 Å². The SMILES string of the molecule is O=C(O)C(C(C(=O)O)=C(c1ccccc1)c1ccccc1)=C(c1ccccc1)c1ccccc1. The fourth-order valence-corrected chi connectivity index (χ4v) is 4.01. The van der Waals surface area contributed by atoms with Gasteiger partial charge in [-0.15, -0.1) is 0 Å². The smallest absolute Gasteiger partial charge is 0.337 e. The fourth-order valence-electron chi connectivity index (χ4n) is 4.01. The van der Waals surface area contributed by atoms with Crippen molar-refractivity contribution >= 4 is 23.1 Å². The largest absolute Gasteiger partial charge is 0.478 e. The van der Waals surface area contributed by atoms with E-state index >= 15 is 0 Å². The molecular weight excluding hydrogens is 424 g/mol. The van der Waals surface area contributed by atoms with Crippen molar-refractivity contribution in [3.8, 4) is 0 Å². The van der Waals surface area contributed by atoms with Crippen molar-refractivity contribution < 1.29 is 19.8 Å². The van der Waals surface area contributed by atoms with Gasteiger partial charge in [-0.25, -0.2) is 9.59 Å². The first kappa shape index (κ1) is 22.5. The molecule has 34 heavy (non-hydrogen) atoms. The Morgan fingerprint density at radius 2 is 0.588 bits per heavy atom. The molecule has 2 N–H and O–H groups in total.